The molecular formula is C21H15AsClFN5. The van der Waals surface area contributed by atoms with Crippen molar-refractivity contribution in [3.05, 3.63) is 65.6 Å². The van der Waals surface area contributed by atoms with Gasteiger partial charge in [0.25, 0.3) is 0 Å². The van der Waals surface area contributed by atoms with Crippen LogP contribution in [0.2, 0.25) is 5.02 Å². The van der Waals surface area contributed by atoms with E-state index in [9.17, 15) is 4.39 Å². The topological polar surface area (TPSA) is 67.4 Å². The van der Waals surface area contributed by atoms with E-state index in [2.05, 4.69) is 21.1 Å². The van der Waals surface area contributed by atoms with Gasteiger partial charge < -0.3 is 0 Å². The minimum absolute atomic E-state index is 0.0618. The molecule has 0 aliphatic rings. The standard InChI is InChI=1S/C21H15AsClFN5/c1-12-3-4-26-9-17(12)16-5-14-6-19(27-10-18(14)20(23)21(16)24)22-15-8-28-29(11-15)13(2)7-25/h3-6,8-11,13H,1-2H3. The molecule has 1 aromatic carbocycles. The summed E-state index contributed by atoms with van der Waals surface area (Å²) in [6.07, 6.45) is 8.59. The fraction of sp³-hybridized carbons (Fsp3) is 0.143. The van der Waals surface area contributed by atoms with Crippen molar-refractivity contribution in [2.75, 3.05) is 0 Å². The summed E-state index contributed by atoms with van der Waals surface area (Å²) in [6, 6.07) is 7.43. The summed E-state index contributed by atoms with van der Waals surface area (Å²) in [7, 11) is 0. The second kappa shape index (κ2) is 7.94. The molecule has 1 atom stereocenters. The van der Waals surface area contributed by atoms with Gasteiger partial charge in [0.2, 0.25) is 0 Å². The maximum absolute atomic E-state index is 14.9. The van der Waals surface area contributed by atoms with Gasteiger partial charge in [0.15, 0.2) is 0 Å². The van der Waals surface area contributed by atoms with Crippen LogP contribution in [0.25, 0.3) is 21.9 Å². The number of aromatic nitrogens is 4. The molecule has 0 saturated carbocycles. The molecule has 143 valence electrons. The number of pyridine rings is 2. The molecule has 4 rings (SSSR count). The number of hydrogen-bond acceptors (Lipinski definition) is 4. The van der Waals surface area contributed by atoms with Crippen molar-refractivity contribution in [2.24, 2.45) is 0 Å². The van der Waals surface area contributed by atoms with Crippen LogP contribution in [0.15, 0.2) is 49.2 Å². The molecule has 4 aromatic rings. The van der Waals surface area contributed by atoms with Gasteiger partial charge in [0.1, 0.15) is 0 Å². The average molecular weight is 467 g/mol. The fourth-order valence-electron chi connectivity index (χ4n) is 3.01. The third kappa shape index (κ3) is 3.76. The van der Waals surface area contributed by atoms with Gasteiger partial charge in [0, 0.05) is 0 Å². The molecule has 0 fully saturated rings. The minimum atomic E-state index is -0.468. The van der Waals surface area contributed by atoms with Crippen molar-refractivity contribution in [1.29, 1.82) is 5.26 Å². The Kier molecular flexibility index (Phi) is 5.36. The van der Waals surface area contributed by atoms with E-state index in [0.717, 1.165) is 19.8 Å². The van der Waals surface area contributed by atoms with Crippen molar-refractivity contribution in [1.82, 2.24) is 19.7 Å². The molecule has 5 nitrogen and oxygen atoms in total. The molecule has 3 heterocycles. The molecule has 0 bridgehead atoms. The second-order valence-corrected chi connectivity index (χ2v) is 9.49. The van der Waals surface area contributed by atoms with Gasteiger partial charge in [-0.05, 0) is 0 Å². The van der Waals surface area contributed by atoms with Crippen LogP contribution in [-0.4, -0.2) is 35.5 Å². The van der Waals surface area contributed by atoms with E-state index in [4.69, 9.17) is 16.9 Å². The van der Waals surface area contributed by atoms with Crippen LogP contribution in [0.4, 0.5) is 4.39 Å². The molecule has 3 aromatic heterocycles. The first-order chi connectivity index (χ1) is 14.0. The number of aryl methyl sites for hydroxylation is 1. The van der Waals surface area contributed by atoms with Gasteiger partial charge in [-0.1, -0.05) is 0 Å². The Morgan fingerprint density at radius 3 is 2.83 bits per heavy atom. The summed E-state index contributed by atoms with van der Waals surface area (Å²) >= 11 is 5.90. The van der Waals surface area contributed by atoms with Gasteiger partial charge in [-0.3, -0.25) is 0 Å². The zero-order chi connectivity index (χ0) is 20.5. The Hall–Kier alpha value is -2.74. The van der Waals surface area contributed by atoms with Gasteiger partial charge >= 0.3 is 179 Å². The zero-order valence-corrected chi connectivity index (χ0v) is 18.3. The van der Waals surface area contributed by atoms with E-state index >= 15 is 0 Å². The van der Waals surface area contributed by atoms with Crippen LogP contribution in [0.5, 0.6) is 0 Å². The van der Waals surface area contributed by atoms with Gasteiger partial charge in [0.05, 0.1) is 0 Å². The maximum atomic E-state index is 14.9. The third-order valence-electron chi connectivity index (χ3n) is 4.63. The van der Waals surface area contributed by atoms with E-state index in [1.54, 1.807) is 42.5 Å². The Bertz CT molecular complexity index is 1260. The molecule has 0 saturated heterocycles. The van der Waals surface area contributed by atoms with Crippen LogP contribution in [0.1, 0.15) is 18.5 Å². The van der Waals surface area contributed by atoms with E-state index in [0.29, 0.717) is 16.5 Å². The Labute approximate surface area is 178 Å². The summed E-state index contributed by atoms with van der Waals surface area (Å²) in [6.45, 7) is 3.71. The number of fused-ring (bicyclic) bond motifs is 1. The number of nitrogens with zero attached hydrogens (tertiary/aromatic N) is 5. The van der Waals surface area contributed by atoms with E-state index in [1.165, 1.54) is 0 Å². The van der Waals surface area contributed by atoms with E-state index < -0.39 is 21.6 Å². The number of hydrogen-bond donors (Lipinski definition) is 0. The Balaban J connectivity index is 1.75. The molecule has 0 aliphatic heterocycles. The molecular weight excluding hydrogens is 452 g/mol. The van der Waals surface area contributed by atoms with Crippen LogP contribution < -0.4 is 8.83 Å². The summed E-state index contributed by atoms with van der Waals surface area (Å²) in [5.74, 6) is -0.468. The molecule has 1 unspecified atom stereocenters. The van der Waals surface area contributed by atoms with Crippen molar-refractivity contribution >= 4 is 47.0 Å². The van der Waals surface area contributed by atoms with Crippen LogP contribution in [0.3, 0.4) is 0 Å². The van der Waals surface area contributed by atoms with E-state index in [-0.39, 0.29) is 11.1 Å². The summed E-state index contributed by atoms with van der Waals surface area (Å²) in [5, 5.41) is 14.7. The van der Waals surface area contributed by atoms with Crippen LogP contribution in [0, 0.1) is 24.1 Å². The molecule has 0 spiro atoms. The first kappa shape index (κ1) is 19.6. The zero-order valence-electron chi connectivity index (χ0n) is 15.6. The van der Waals surface area contributed by atoms with Crippen molar-refractivity contribution in [2.45, 2.75) is 19.9 Å². The first-order valence-corrected chi connectivity index (χ1v) is 11.1. The Morgan fingerprint density at radius 2 is 2.07 bits per heavy atom. The molecule has 0 N–H and O–H groups in total. The third-order valence-corrected chi connectivity index (χ3v) is 7.02. The van der Waals surface area contributed by atoms with Gasteiger partial charge in [-0.2, -0.15) is 0 Å². The molecule has 8 heteroatoms. The van der Waals surface area contributed by atoms with E-state index in [1.807, 2.05) is 25.3 Å². The quantitative estimate of drug-likeness (QED) is 0.433. The summed E-state index contributed by atoms with van der Waals surface area (Å²) in [5.41, 5.74) is 2.07. The summed E-state index contributed by atoms with van der Waals surface area (Å²) < 4.78 is 18.5. The normalized spacial score (nSPS) is 12.5. The summed E-state index contributed by atoms with van der Waals surface area (Å²) in [4.78, 5) is 8.59. The van der Waals surface area contributed by atoms with Crippen LogP contribution in [-0.2, 0) is 0 Å². The van der Waals surface area contributed by atoms with Crippen molar-refractivity contribution < 1.29 is 4.39 Å². The van der Waals surface area contributed by atoms with Gasteiger partial charge in [-0.15, -0.1) is 0 Å². The second-order valence-electron chi connectivity index (χ2n) is 6.60. The monoisotopic (exact) mass is 466 g/mol. The Morgan fingerprint density at radius 1 is 1.24 bits per heavy atom. The average Bonchev–Trinajstić information content (AvgIpc) is 3.19. The first-order valence-electron chi connectivity index (χ1n) is 8.82. The number of benzene rings is 1. The van der Waals surface area contributed by atoms with Crippen LogP contribution >= 0.6 is 11.6 Å². The molecule has 1 radical (unpaired) electrons. The predicted octanol–water partition coefficient (Wildman–Crippen LogP) is 3.33. The van der Waals surface area contributed by atoms with Gasteiger partial charge in [-0.25, -0.2) is 0 Å². The number of halogens is 2. The predicted molar refractivity (Wildman–Crippen MR) is 112 cm³/mol. The fourth-order valence-corrected chi connectivity index (χ4v) is 5.09. The molecule has 0 aliphatic carbocycles. The SMILES string of the molecule is Cc1ccncc1-c1cc2cc([As]c3cnn(C(C)C#N)c3)ncc2c(Cl)c1F. The number of rotatable bonds is 4. The number of nitriles is 1. The molecule has 0 amide bonds. The molecule has 29 heavy (non-hydrogen) atoms. The van der Waals surface area contributed by atoms with Crippen molar-refractivity contribution in [3.8, 4) is 17.2 Å². The van der Waals surface area contributed by atoms with Crippen molar-refractivity contribution in [3.63, 3.8) is 0 Å².